The molecule has 7 nitrogen and oxygen atoms in total. The molecule has 1 saturated heterocycles. The van der Waals surface area contributed by atoms with E-state index in [0.29, 0.717) is 17.9 Å². The van der Waals surface area contributed by atoms with Crippen LogP contribution in [0.4, 0.5) is 11.4 Å². The number of hydrogen-bond donors (Lipinski definition) is 2. The highest BCUT2D eigenvalue weighted by Crippen LogP contribution is 2.23. The summed E-state index contributed by atoms with van der Waals surface area (Å²) in [4.78, 5) is 14.5. The number of anilines is 2. The van der Waals surface area contributed by atoms with E-state index >= 15 is 0 Å². The summed E-state index contributed by atoms with van der Waals surface area (Å²) in [6.45, 7) is 3.68. The molecule has 1 aliphatic rings. The molecule has 1 heterocycles. The van der Waals surface area contributed by atoms with E-state index in [4.69, 9.17) is 0 Å². The smallest absolute Gasteiger partial charge is 0.264 e. The second kappa shape index (κ2) is 11.4. The summed E-state index contributed by atoms with van der Waals surface area (Å²) in [5, 5.41) is 6.04. The molecule has 1 amide bonds. The second-order valence-electron chi connectivity index (χ2n) is 6.41. The van der Waals surface area contributed by atoms with Gasteiger partial charge in [-0.05, 0) is 30.3 Å². The summed E-state index contributed by atoms with van der Waals surface area (Å²) in [6.07, 6.45) is 0. The lowest BCUT2D eigenvalue weighted by Crippen LogP contribution is -2.46. The van der Waals surface area contributed by atoms with Gasteiger partial charge in [-0.3, -0.25) is 14.0 Å². The van der Waals surface area contributed by atoms with Gasteiger partial charge in [-0.15, -0.1) is 24.8 Å². The van der Waals surface area contributed by atoms with Gasteiger partial charge in [-0.25, -0.2) is 8.42 Å². The molecule has 3 rings (SSSR count). The Labute approximate surface area is 184 Å². The van der Waals surface area contributed by atoms with Crippen molar-refractivity contribution in [2.24, 2.45) is 0 Å². The summed E-state index contributed by atoms with van der Waals surface area (Å²) in [6, 6.07) is 15.2. The van der Waals surface area contributed by atoms with Crippen LogP contribution in [0.25, 0.3) is 0 Å². The molecule has 2 N–H and O–H groups in total. The molecule has 0 aliphatic carbocycles. The molecular weight excluding hydrogens is 435 g/mol. The fourth-order valence-corrected chi connectivity index (χ4v) is 4.18. The van der Waals surface area contributed by atoms with Crippen molar-refractivity contribution in [2.75, 3.05) is 49.4 Å². The molecule has 1 fully saturated rings. The van der Waals surface area contributed by atoms with E-state index in [1.807, 2.05) is 6.07 Å². The lowest BCUT2D eigenvalue weighted by Gasteiger charge is -2.26. The molecule has 10 heteroatoms. The minimum atomic E-state index is -3.71. The summed E-state index contributed by atoms with van der Waals surface area (Å²) in [7, 11) is -2.20. The standard InChI is InChI=1S/C19H24N4O3S.2ClH/c1-22(17-7-3-2-4-8-17)27(25,26)18-9-5-6-16(14-18)21-19(24)15-23-12-10-20-11-13-23;;/h2-9,14,20H,10-13,15H2,1H3,(H,21,24);2*1H. The van der Waals surface area contributed by atoms with Gasteiger partial charge in [0.15, 0.2) is 0 Å². The van der Waals surface area contributed by atoms with Gasteiger partial charge in [0.2, 0.25) is 5.91 Å². The third-order valence-corrected chi connectivity index (χ3v) is 6.25. The first kappa shape index (κ1) is 25.2. The normalized spacial score (nSPS) is 14.2. The number of nitrogens with one attached hydrogen (secondary N) is 2. The third-order valence-electron chi connectivity index (χ3n) is 4.47. The zero-order valence-electron chi connectivity index (χ0n) is 16.1. The fourth-order valence-electron chi connectivity index (χ4n) is 2.94. The summed E-state index contributed by atoms with van der Waals surface area (Å²) >= 11 is 0. The van der Waals surface area contributed by atoms with E-state index in [1.165, 1.54) is 23.5 Å². The fraction of sp³-hybridized carbons (Fsp3) is 0.316. The first-order valence-corrected chi connectivity index (χ1v) is 10.3. The maximum atomic E-state index is 12.9. The SMILES string of the molecule is CN(c1ccccc1)S(=O)(=O)c1cccc(NC(=O)CN2CCNCC2)c1.Cl.Cl. The van der Waals surface area contributed by atoms with Crippen LogP contribution in [-0.4, -0.2) is 59.0 Å². The second-order valence-corrected chi connectivity index (χ2v) is 8.38. The number of nitrogens with zero attached hydrogens (tertiary/aromatic N) is 2. The minimum Gasteiger partial charge on any atom is -0.325 e. The zero-order chi connectivity index (χ0) is 19.3. The average molecular weight is 461 g/mol. The molecule has 0 spiro atoms. The van der Waals surface area contributed by atoms with Crippen molar-refractivity contribution in [1.82, 2.24) is 10.2 Å². The molecular formula is C19H26Cl2N4O3S. The monoisotopic (exact) mass is 460 g/mol. The Morgan fingerprint density at radius 3 is 2.38 bits per heavy atom. The van der Waals surface area contributed by atoms with Crippen LogP contribution in [0.15, 0.2) is 59.5 Å². The Hall–Kier alpha value is -1.84. The van der Waals surface area contributed by atoms with Gasteiger partial charge in [-0.1, -0.05) is 24.3 Å². The lowest BCUT2D eigenvalue weighted by atomic mass is 10.3. The molecule has 1 aliphatic heterocycles. The highest BCUT2D eigenvalue weighted by Gasteiger charge is 2.22. The topological polar surface area (TPSA) is 81.8 Å². The van der Waals surface area contributed by atoms with Crippen molar-refractivity contribution in [2.45, 2.75) is 4.90 Å². The first-order chi connectivity index (χ1) is 13.0. The van der Waals surface area contributed by atoms with Crippen molar-refractivity contribution < 1.29 is 13.2 Å². The largest absolute Gasteiger partial charge is 0.325 e. The third kappa shape index (κ3) is 6.58. The predicted molar refractivity (Wildman–Crippen MR) is 121 cm³/mol. The number of sulfonamides is 1. The van der Waals surface area contributed by atoms with E-state index in [1.54, 1.807) is 36.4 Å². The van der Waals surface area contributed by atoms with E-state index in [2.05, 4.69) is 15.5 Å². The van der Waals surface area contributed by atoms with Crippen molar-refractivity contribution in [3.05, 3.63) is 54.6 Å². The van der Waals surface area contributed by atoms with Crippen LogP contribution in [0.5, 0.6) is 0 Å². The Kier molecular flexibility index (Phi) is 9.88. The molecule has 0 unspecified atom stereocenters. The quantitative estimate of drug-likeness (QED) is 0.690. The van der Waals surface area contributed by atoms with Crippen LogP contribution >= 0.6 is 24.8 Å². The Balaban J connectivity index is 0.00000210. The van der Waals surface area contributed by atoms with E-state index in [9.17, 15) is 13.2 Å². The predicted octanol–water partition coefficient (Wildman–Crippen LogP) is 2.20. The summed E-state index contributed by atoms with van der Waals surface area (Å²) < 4.78 is 27.0. The number of amides is 1. The maximum absolute atomic E-state index is 12.9. The number of carbonyl (C=O) groups excluding carboxylic acids is 1. The van der Waals surface area contributed by atoms with E-state index in [-0.39, 0.29) is 35.6 Å². The zero-order valence-corrected chi connectivity index (χ0v) is 18.5. The highest BCUT2D eigenvalue weighted by atomic mass is 35.5. The van der Waals surface area contributed by atoms with Gasteiger partial charge in [-0.2, -0.15) is 0 Å². The van der Waals surface area contributed by atoms with Crippen LogP contribution in [0.1, 0.15) is 0 Å². The van der Waals surface area contributed by atoms with Gasteiger partial charge >= 0.3 is 0 Å². The Morgan fingerprint density at radius 2 is 1.72 bits per heavy atom. The van der Waals surface area contributed by atoms with Crippen LogP contribution < -0.4 is 14.9 Å². The van der Waals surface area contributed by atoms with Crippen molar-refractivity contribution in [1.29, 1.82) is 0 Å². The molecule has 0 aromatic heterocycles. The molecule has 29 heavy (non-hydrogen) atoms. The Morgan fingerprint density at radius 1 is 1.07 bits per heavy atom. The van der Waals surface area contributed by atoms with E-state index in [0.717, 1.165) is 26.2 Å². The Bertz CT molecular complexity index is 891. The van der Waals surface area contributed by atoms with Crippen molar-refractivity contribution >= 4 is 52.1 Å². The lowest BCUT2D eigenvalue weighted by molar-refractivity contribution is -0.117. The maximum Gasteiger partial charge on any atom is 0.264 e. The molecule has 2 aromatic rings. The molecule has 2 aromatic carbocycles. The first-order valence-electron chi connectivity index (χ1n) is 8.84. The van der Waals surface area contributed by atoms with Crippen LogP contribution in [0.2, 0.25) is 0 Å². The van der Waals surface area contributed by atoms with Gasteiger partial charge < -0.3 is 10.6 Å². The summed E-state index contributed by atoms with van der Waals surface area (Å²) in [5.41, 5.74) is 1.04. The van der Waals surface area contributed by atoms with Crippen LogP contribution in [0, 0.1) is 0 Å². The molecule has 0 bridgehead atoms. The minimum absolute atomic E-state index is 0. The van der Waals surface area contributed by atoms with Gasteiger partial charge in [0.05, 0.1) is 17.1 Å². The number of halogens is 2. The number of para-hydroxylation sites is 1. The van der Waals surface area contributed by atoms with Crippen molar-refractivity contribution in [3.8, 4) is 0 Å². The van der Waals surface area contributed by atoms with Crippen molar-refractivity contribution in [3.63, 3.8) is 0 Å². The number of hydrogen-bond acceptors (Lipinski definition) is 5. The number of benzene rings is 2. The molecule has 0 atom stereocenters. The average Bonchev–Trinajstić information content (AvgIpc) is 2.69. The molecule has 160 valence electrons. The number of rotatable bonds is 6. The van der Waals surface area contributed by atoms with Gasteiger partial charge in [0.1, 0.15) is 0 Å². The van der Waals surface area contributed by atoms with Crippen LogP contribution in [0.3, 0.4) is 0 Å². The molecule has 0 radical (unpaired) electrons. The van der Waals surface area contributed by atoms with Gasteiger partial charge in [0, 0.05) is 38.9 Å². The number of carbonyl (C=O) groups is 1. The molecule has 0 saturated carbocycles. The highest BCUT2D eigenvalue weighted by molar-refractivity contribution is 7.92. The van der Waals surface area contributed by atoms with E-state index < -0.39 is 10.0 Å². The summed E-state index contributed by atoms with van der Waals surface area (Å²) in [5.74, 6) is -0.150. The van der Waals surface area contributed by atoms with Gasteiger partial charge in [0.25, 0.3) is 10.0 Å². The van der Waals surface area contributed by atoms with Crippen LogP contribution in [-0.2, 0) is 14.8 Å². The number of piperazine rings is 1.